The lowest BCUT2D eigenvalue weighted by Crippen LogP contribution is -2.44. The molecule has 144 valence electrons. The number of carbonyl (C=O) groups excluding carboxylic acids is 1. The topological polar surface area (TPSA) is 51.7 Å². The van der Waals surface area contributed by atoms with Crippen molar-refractivity contribution in [2.45, 2.75) is 13.8 Å². The molecule has 2 heterocycles. The lowest BCUT2D eigenvalue weighted by molar-refractivity contribution is 0.102. The molecule has 1 fully saturated rings. The lowest BCUT2D eigenvalue weighted by Gasteiger charge is -2.34. The van der Waals surface area contributed by atoms with E-state index in [2.05, 4.69) is 58.0 Å². The average molecular weight is 367 g/mol. The van der Waals surface area contributed by atoms with Crippen LogP contribution in [0.15, 0.2) is 42.6 Å². The Labute approximate surface area is 161 Å². The van der Waals surface area contributed by atoms with Crippen LogP contribution in [-0.2, 0) is 0 Å². The van der Waals surface area contributed by atoms with Gasteiger partial charge in [0, 0.05) is 62.5 Å². The number of nitrogens with one attached hydrogen (secondary N) is 1. The molecule has 0 atom stereocenters. The highest BCUT2D eigenvalue weighted by Gasteiger charge is 2.15. The predicted molar refractivity (Wildman–Crippen MR) is 112 cm³/mol. The first-order valence-electron chi connectivity index (χ1n) is 9.66. The number of aromatic nitrogens is 1. The second-order valence-electron chi connectivity index (χ2n) is 6.86. The van der Waals surface area contributed by atoms with Crippen LogP contribution in [0.2, 0.25) is 0 Å². The second kappa shape index (κ2) is 8.86. The second-order valence-corrected chi connectivity index (χ2v) is 6.86. The van der Waals surface area contributed by atoms with E-state index in [1.165, 1.54) is 5.69 Å². The van der Waals surface area contributed by atoms with Gasteiger partial charge < -0.3 is 20.0 Å². The molecule has 0 saturated carbocycles. The highest BCUT2D eigenvalue weighted by atomic mass is 16.1. The summed E-state index contributed by atoms with van der Waals surface area (Å²) in [6, 6.07) is 11.8. The van der Waals surface area contributed by atoms with Crippen molar-refractivity contribution in [3.05, 3.63) is 48.3 Å². The molecular weight excluding hydrogens is 338 g/mol. The summed E-state index contributed by atoms with van der Waals surface area (Å²) in [5.74, 6) is -0.184. The van der Waals surface area contributed by atoms with E-state index >= 15 is 0 Å². The van der Waals surface area contributed by atoms with E-state index in [4.69, 9.17) is 0 Å². The van der Waals surface area contributed by atoms with Gasteiger partial charge in [-0.3, -0.25) is 9.78 Å². The van der Waals surface area contributed by atoms with Gasteiger partial charge in [-0.25, -0.2) is 0 Å². The molecule has 1 aliphatic heterocycles. The van der Waals surface area contributed by atoms with Gasteiger partial charge in [-0.1, -0.05) is 0 Å². The molecule has 1 aromatic carbocycles. The fourth-order valence-corrected chi connectivity index (χ4v) is 3.34. The first kappa shape index (κ1) is 19.2. The third-order valence-corrected chi connectivity index (χ3v) is 5.10. The van der Waals surface area contributed by atoms with Crippen LogP contribution in [0.25, 0.3) is 0 Å². The Hall–Kier alpha value is -2.60. The number of piperazine rings is 1. The number of hydrogen-bond acceptors (Lipinski definition) is 5. The monoisotopic (exact) mass is 367 g/mol. The van der Waals surface area contributed by atoms with Crippen molar-refractivity contribution in [1.82, 2.24) is 9.88 Å². The van der Waals surface area contributed by atoms with Gasteiger partial charge in [0.2, 0.25) is 0 Å². The minimum absolute atomic E-state index is 0.184. The number of nitrogens with zero attached hydrogens (tertiary/aromatic N) is 4. The molecule has 0 unspecified atom stereocenters. The number of hydrogen-bond donors (Lipinski definition) is 1. The quantitative estimate of drug-likeness (QED) is 0.851. The minimum atomic E-state index is -0.184. The number of likely N-dealkylation sites (N-methyl/N-ethyl adjacent to an activating group) is 1. The largest absolute Gasteiger partial charge is 0.372 e. The lowest BCUT2D eigenvalue weighted by atomic mass is 10.2. The summed E-state index contributed by atoms with van der Waals surface area (Å²) in [6.07, 6.45) is 1.69. The zero-order chi connectivity index (χ0) is 19.2. The first-order chi connectivity index (χ1) is 13.1. The molecule has 6 heteroatoms. The highest BCUT2D eigenvalue weighted by molar-refractivity contribution is 6.03. The molecule has 6 nitrogen and oxygen atoms in total. The van der Waals surface area contributed by atoms with Crippen molar-refractivity contribution in [2.75, 3.05) is 61.4 Å². The van der Waals surface area contributed by atoms with Gasteiger partial charge in [0.15, 0.2) is 0 Å². The van der Waals surface area contributed by atoms with E-state index < -0.39 is 0 Å². The Morgan fingerprint density at radius 1 is 1.07 bits per heavy atom. The van der Waals surface area contributed by atoms with Crippen LogP contribution >= 0.6 is 0 Å². The number of pyridine rings is 1. The fourth-order valence-electron chi connectivity index (χ4n) is 3.34. The van der Waals surface area contributed by atoms with Gasteiger partial charge in [0.05, 0.1) is 0 Å². The van der Waals surface area contributed by atoms with Gasteiger partial charge in [0.1, 0.15) is 5.69 Å². The summed E-state index contributed by atoms with van der Waals surface area (Å²) in [5.41, 5.74) is 3.43. The Bertz CT molecular complexity index is 749. The summed E-state index contributed by atoms with van der Waals surface area (Å²) in [5, 5.41) is 2.95. The zero-order valence-corrected chi connectivity index (χ0v) is 16.5. The molecule has 1 saturated heterocycles. The Morgan fingerprint density at radius 3 is 2.37 bits per heavy atom. The summed E-state index contributed by atoms with van der Waals surface area (Å²) in [6.45, 7) is 10.2. The van der Waals surface area contributed by atoms with E-state index in [-0.39, 0.29) is 5.91 Å². The Morgan fingerprint density at radius 2 is 1.74 bits per heavy atom. The summed E-state index contributed by atoms with van der Waals surface area (Å²) < 4.78 is 0. The van der Waals surface area contributed by atoms with Crippen LogP contribution in [-0.4, -0.2) is 62.1 Å². The molecule has 0 radical (unpaired) electrons. The molecule has 0 aliphatic carbocycles. The molecule has 1 amide bonds. The van der Waals surface area contributed by atoms with Crippen LogP contribution in [0.5, 0.6) is 0 Å². The van der Waals surface area contributed by atoms with Crippen molar-refractivity contribution >= 4 is 23.0 Å². The van der Waals surface area contributed by atoms with E-state index in [9.17, 15) is 4.79 Å². The number of carbonyl (C=O) groups is 1. The maximum atomic E-state index is 12.6. The maximum Gasteiger partial charge on any atom is 0.274 e. The zero-order valence-electron chi connectivity index (χ0n) is 16.5. The summed E-state index contributed by atoms with van der Waals surface area (Å²) >= 11 is 0. The number of anilines is 3. The molecule has 2 aromatic rings. The molecule has 1 aromatic heterocycles. The average Bonchev–Trinajstić information content (AvgIpc) is 2.70. The van der Waals surface area contributed by atoms with E-state index in [1.54, 1.807) is 6.20 Å². The fraction of sp³-hybridized carbons (Fsp3) is 0.429. The van der Waals surface area contributed by atoms with Crippen molar-refractivity contribution in [3.8, 4) is 0 Å². The Balaban J connectivity index is 1.65. The molecular formula is C21H29N5O. The minimum Gasteiger partial charge on any atom is -0.372 e. The predicted octanol–water partition coefficient (Wildman–Crippen LogP) is 2.93. The molecule has 1 aliphatic rings. The van der Waals surface area contributed by atoms with Gasteiger partial charge >= 0.3 is 0 Å². The van der Waals surface area contributed by atoms with E-state index in [0.717, 1.165) is 50.6 Å². The number of rotatable bonds is 6. The maximum absolute atomic E-state index is 12.6. The highest BCUT2D eigenvalue weighted by Crippen LogP contribution is 2.20. The van der Waals surface area contributed by atoms with Crippen LogP contribution < -0.4 is 15.1 Å². The number of benzene rings is 1. The van der Waals surface area contributed by atoms with E-state index in [0.29, 0.717) is 5.69 Å². The van der Waals surface area contributed by atoms with Crippen LogP contribution in [0, 0.1) is 0 Å². The van der Waals surface area contributed by atoms with Gasteiger partial charge in [-0.2, -0.15) is 0 Å². The normalized spacial score (nSPS) is 14.9. The van der Waals surface area contributed by atoms with Crippen LogP contribution in [0.3, 0.4) is 0 Å². The summed E-state index contributed by atoms with van der Waals surface area (Å²) in [7, 11) is 2.15. The molecule has 0 spiro atoms. The third-order valence-electron chi connectivity index (χ3n) is 5.10. The third kappa shape index (κ3) is 4.77. The van der Waals surface area contributed by atoms with Crippen molar-refractivity contribution in [3.63, 3.8) is 0 Å². The van der Waals surface area contributed by atoms with Gasteiger partial charge in [0.25, 0.3) is 5.91 Å². The van der Waals surface area contributed by atoms with Crippen LogP contribution in [0.1, 0.15) is 24.3 Å². The molecule has 3 rings (SSSR count). The molecule has 0 bridgehead atoms. The van der Waals surface area contributed by atoms with Crippen LogP contribution in [0.4, 0.5) is 17.1 Å². The van der Waals surface area contributed by atoms with Crippen molar-refractivity contribution in [1.29, 1.82) is 0 Å². The van der Waals surface area contributed by atoms with Crippen molar-refractivity contribution < 1.29 is 4.79 Å². The first-order valence-corrected chi connectivity index (χ1v) is 9.66. The summed E-state index contributed by atoms with van der Waals surface area (Å²) in [4.78, 5) is 23.7. The van der Waals surface area contributed by atoms with E-state index in [1.807, 2.05) is 24.3 Å². The SMILES string of the molecule is CCN(CC)c1ccnc(C(=O)Nc2ccc(N3CCN(C)CC3)cc2)c1. The standard InChI is InChI=1S/C21H29N5O/c1-4-25(5-2)19-10-11-22-20(16-19)21(27)23-17-6-8-18(9-7-17)26-14-12-24(3)13-15-26/h6-11,16H,4-5,12-15H2,1-3H3,(H,23,27). The Kier molecular flexibility index (Phi) is 6.29. The smallest absolute Gasteiger partial charge is 0.274 e. The molecule has 27 heavy (non-hydrogen) atoms. The molecule has 1 N–H and O–H groups in total. The van der Waals surface area contributed by atoms with Gasteiger partial charge in [-0.05, 0) is 57.3 Å². The van der Waals surface area contributed by atoms with Gasteiger partial charge in [-0.15, -0.1) is 0 Å². The van der Waals surface area contributed by atoms with Crippen molar-refractivity contribution in [2.24, 2.45) is 0 Å². The number of amides is 1.